The van der Waals surface area contributed by atoms with Crippen molar-refractivity contribution < 1.29 is 9.47 Å². The normalized spacial score (nSPS) is 10.9. The van der Waals surface area contributed by atoms with Crippen LogP contribution in [0.15, 0.2) is 18.2 Å². The Hall–Kier alpha value is -1.06. The first-order valence-corrected chi connectivity index (χ1v) is 6.17. The van der Waals surface area contributed by atoms with Gasteiger partial charge in [-0.2, -0.15) is 0 Å². The maximum Gasteiger partial charge on any atom is 0.189 e. The molecule has 0 radical (unpaired) electrons. The third-order valence-electron chi connectivity index (χ3n) is 2.48. The third kappa shape index (κ3) is 4.75. The van der Waals surface area contributed by atoms with E-state index >= 15 is 0 Å². The number of hydrogen-bond donors (Lipinski definition) is 1. The van der Waals surface area contributed by atoms with Crippen LogP contribution in [0.25, 0.3) is 0 Å². The number of rotatable bonds is 7. The third-order valence-corrected chi connectivity index (χ3v) is 2.48. The van der Waals surface area contributed by atoms with Gasteiger partial charge in [-0.05, 0) is 19.4 Å². The van der Waals surface area contributed by atoms with Crippen LogP contribution < -0.4 is 10.1 Å². The van der Waals surface area contributed by atoms with Crippen molar-refractivity contribution in [2.45, 2.75) is 40.3 Å². The van der Waals surface area contributed by atoms with Crippen LogP contribution >= 0.6 is 0 Å². The maximum absolute atomic E-state index is 5.68. The lowest BCUT2D eigenvalue weighted by Gasteiger charge is -2.15. The molecule has 0 atom stereocenters. The van der Waals surface area contributed by atoms with Gasteiger partial charge in [0.25, 0.3) is 0 Å². The summed E-state index contributed by atoms with van der Waals surface area (Å²) in [6.07, 6.45) is 0. The van der Waals surface area contributed by atoms with Crippen molar-refractivity contribution in [3.05, 3.63) is 29.3 Å². The highest BCUT2D eigenvalue weighted by molar-refractivity contribution is 5.40. The van der Waals surface area contributed by atoms with Crippen LogP contribution in [-0.4, -0.2) is 19.4 Å². The zero-order valence-electron chi connectivity index (χ0n) is 11.2. The van der Waals surface area contributed by atoms with E-state index in [4.69, 9.17) is 9.47 Å². The van der Waals surface area contributed by atoms with Crippen LogP contribution in [0.4, 0.5) is 0 Å². The van der Waals surface area contributed by atoms with Gasteiger partial charge >= 0.3 is 0 Å². The zero-order valence-corrected chi connectivity index (χ0v) is 11.2. The maximum atomic E-state index is 5.68. The number of nitrogens with one attached hydrogen (secondary N) is 1. The van der Waals surface area contributed by atoms with Crippen LogP contribution in [0.2, 0.25) is 0 Å². The summed E-state index contributed by atoms with van der Waals surface area (Å²) in [4.78, 5) is 0. The van der Waals surface area contributed by atoms with Crippen LogP contribution in [0.5, 0.6) is 5.75 Å². The minimum absolute atomic E-state index is 0.316. The van der Waals surface area contributed by atoms with E-state index < -0.39 is 0 Å². The highest BCUT2D eigenvalue weighted by atomic mass is 16.7. The Labute approximate surface area is 104 Å². The van der Waals surface area contributed by atoms with E-state index in [-0.39, 0.29) is 0 Å². The first-order chi connectivity index (χ1) is 8.15. The molecule has 0 bridgehead atoms. The SMILES string of the molecule is CCOCOc1c(C)cccc1CNC(C)C. The van der Waals surface area contributed by atoms with E-state index in [0.29, 0.717) is 19.4 Å². The van der Waals surface area contributed by atoms with Gasteiger partial charge in [0, 0.05) is 24.8 Å². The number of ether oxygens (including phenoxy) is 2. The molecule has 0 amide bonds. The number of aryl methyl sites for hydroxylation is 1. The summed E-state index contributed by atoms with van der Waals surface area (Å²) in [5, 5.41) is 3.40. The van der Waals surface area contributed by atoms with Crippen LogP contribution in [-0.2, 0) is 11.3 Å². The topological polar surface area (TPSA) is 30.5 Å². The molecule has 1 rings (SSSR count). The van der Waals surface area contributed by atoms with Crippen molar-refractivity contribution >= 4 is 0 Å². The van der Waals surface area contributed by atoms with Crippen LogP contribution in [0.1, 0.15) is 31.9 Å². The molecule has 96 valence electrons. The molecule has 0 aliphatic carbocycles. The highest BCUT2D eigenvalue weighted by Gasteiger charge is 2.07. The van der Waals surface area contributed by atoms with Gasteiger partial charge in [-0.15, -0.1) is 0 Å². The lowest BCUT2D eigenvalue weighted by Crippen LogP contribution is -2.22. The fourth-order valence-corrected chi connectivity index (χ4v) is 1.56. The summed E-state index contributed by atoms with van der Waals surface area (Å²) in [5.74, 6) is 0.939. The Balaban J connectivity index is 2.69. The van der Waals surface area contributed by atoms with Gasteiger partial charge in [-0.25, -0.2) is 0 Å². The smallest absolute Gasteiger partial charge is 0.189 e. The molecule has 0 fully saturated rings. The summed E-state index contributed by atoms with van der Waals surface area (Å²) >= 11 is 0. The summed E-state index contributed by atoms with van der Waals surface area (Å²) in [7, 11) is 0. The summed E-state index contributed by atoms with van der Waals surface area (Å²) < 4.78 is 10.9. The Kier molecular flexibility index (Phi) is 6.01. The van der Waals surface area contributed by atoms with Crippen molar-refractivity contribution in [2.24, 2.45) is 0 Å². The average Bonchev–Trinajstić information content (AvgIpc) is 2.29. The van der Waals surface area contributed by atoms with E-state index in [9.17, 15) is 0 Å². The summed E-state index contributed by atoms with van der Waals surface area (Å²) in [6.45, 7) is 10.1. The minimum atomic E-state index is 0.316. The van der Waals surface area contributed by atoms with Gasteiger partial charge in [-0.1, -0.05) is 32.0 Å². The first kappa shape index (κ1) is 14.0. The molecule has 0 spiro atoms. The van der Waals surface area contributed by atoms with E-state index in [1.54, 1.807) is 0 Å². The second-order valence-corrected chi connectivity index (χ2v) is 4.35. The molecule has 3 heteroatoms. The second-order valence-electron chi connectivity index (χ2n) is 4.35. The van der Waals surface area contributed by atoms with E-state index in [2.05, 4.69) is 44.3 Å². The van der Waals surface area contributed by atoms with E-state index in [1.807, 2.05) is 6.92 Å². The number of para-hydroxylation sites is 1. The standard InChI is InChI=1S/C14H23NO2/c1-5-16-10-17-14-12(4)7-6-8-13(14)9-15-11(2)3/h6-8,11,15H,5,9-10H2,1-4H3. The molecule has 0 unspecified atom stereocenters. The van der Waals surface area contributed by atoms with E-state index in [0.717, 1.165) is 17.9 Å². The predicted octanol–water partition coefficient (Wildman–Crippen LogP) is 2.87. The molecule has 1 N–H and O–H groups in total. The molecule has 3 nitrogen and oxygen atoms in total. The zero-order chi connectivity index (χ0) is 12.7. The summed E-state index contributed by atoms with van der Waals surface area (Å²) in [6, 6.07) is 6.67. The summed E-state index contributed by atoms with van der Waals surface area (Å²) in [5.41, 5.74) is 2.33. The Morgan fingerprint density at radius 3 is 2.71 bits per heavy atom. The van der Waals surface area contributed by atoms with Gasteiger partial charge in [0.1, 0.15) is 5.75 Å². The highest BCUT2D eigenvalue weighted by Crippen LogP contribution is 2.23. The monoisotopic (exact) mass is 237 g/mol. The minimum Gasteiger partial charge on any atom is -0.467 e. The van der Waals surface area contributed by atoms with Crippen LogP contribution in [0.3, 0.4) is 0 Å². The molecular formula is C14H23NO2. The molecular weight excluding hydrogens is 214 g/mol. The van der Waals surface area contributed by atoms with Crippen molar-refractivity contribution in [3.8, 4) is 5.75 Å². The molecule has 0 aliphatic rings. The van der Waals surface area contributed by atoms with Crippen molar-refractivity contribution in [3.63, 3.8) is 0 Å². The average molecular weight is 237 g/mol. The van der Waals surface area contributed by atoms with E-state index in [1.165, 1.54) is 5.56 Å². The molecule has 0 aliphatic heterocycles. The second kappa shape index (κ2) is 7.30. The van der Waals surface area contributed by atoms with Gasteiger partial charge in [-0.3, -0.25) is 0 Å². The largest absolute Gasteiger partial charge is 0.467 e. The molecule has 0 aromatic heterocycles. The quantitative estimate of drug-likeness (QED) is 0.584. The molecule has 1 aromatic rings. The molecule has 1 aromatic carbocycles. The molecule has 17 heavy (non-hydrogen) atoms. The Bertz CT molecular complexity index is 337. The first-order valence-electron chi connectivity index (χ1n) is 6.17. The van der Waals surface area contributed by atoms with Crippen molar-refractivity contribution in [1.82, 2.24) is 5.32 Å². The van der Waals surface area contributed by atoms with Gasteiger partial charge < -0.3 is 14.8 Å². The molecule has 0 saturated carbocycles. The Morgan fingerprint density at radius 1 is 1.29 bits per heavy atom. The van der Waals surface area contributed by atoms with Gasteiger partial charge in [0.2, 0.25) is 0 Å². The van der Waals surface area contributed by atoms with Gasteiger partial charge in [0.15, 0.2) is 6.79 Å². The van der Waals surface area contributed by atoms with Crippen molar-refractivity contribution in [2.75, 3.05) is 13.4 Å². The lowest BCUT2D eigenvalue weighted by molar-refractivity contribution is 0.0213. The number of benzene rings is 1. The molecule has 0 heterocycles. The van der Waals surface area contributed by atoms with Crippen molar-refractivity contribution in [1.29, 1.82) is 0 Å². The lowest BCUT2D eigenvalue weighted by atomic mass is 10.1. The number of hydrogen-bond acceptors (Lipinski definition) is 3. The molecule has 0 saturated heterocycles. The Morgan fingerprint density at radius 2 is 2.06 bits per heavy atom. The fraction of sp³-hybridized carbons (Fsp3) is 0.571. The van der Waals surface area contributed by atoms with Gasteiger partial charge in [0.05, 0.1) is 0 Å². The van der Waals surface area contributed by atoms with Crippen LogP contribution in [0, 0.1) is 6.92 Å². The predicted molar refractivity (Wildman–Crippen MR) is 70.3 cm³/mol. The fourth-order valence-electron chi connectivity index (χ4n) is 1.56.